The first-order chi connectivity index (χ1) is 13.4. The summed E-state index contributed by atoms with van der Waals surface area (Å²) >= 11 is 0. The standard InChI is InChI=1S/C19H35O9P/c1-10(2)23-9-16-19(17(20)13(6)26-16)28-29(21,22)27-14(7)18-15(24-11(3)4)8-12(5)25-18/h10-13,15-20H,7-9H2,1-6H3,(H,21,22)/t12-,13-,15+,16+,17?,18+,19-/m0/s1. The summed E-state index contributed by atoms with van der Waals surface area (Å²) < 4.78 is 45.8. The summed E-state index contributed by atoms with van der Waals surface area (Å²) in [5, 5.41) is 10.3. The third kappa shape index (κ3) is 7.01. The smallest absolute Gasteiger partial charge is 0.406 e. The highest BCUT2D eigenvalue weighted by atomic mass is 31.2. The minimum Gasteiger partial charge on any atom is -0.406 e. The zero-order valence-corrected chi connectivity index (χ0v) is 18.9. The van der Waals surface area contributed by atoms with Crippen LogP contribution in [-0.2, 0) is 32.6 Å². The summed E-state index contributed by atoms with van der Waals surface area (Å²) in [5.41, 5.74) is 0. The SMILES string of the molecule is C=C(OP(=O)(O)O[C@@H]1C(O)[C@H](C)O[C@@H]1COC(C)C)[C@H]1O[C@@H](C)C[C@H]1OC(C)C. The van der Waals surface area contributed by atoms with Gasteiger partial charge in [-0.3, -0.25) is 9.42 Å². The monoisotopic (exact) mass is 438 g/mol. The van der Waals surface area contributed by atoms with Crippen LogP contribution in [0.1, 0.15) is 48.0 Å². The fourth-order valence-electron chi connectivity index (χ4n) is 3.45. The Morgan fingerprint density at radius 1 is 1.21 bits per heavy atom. The van der Waals surface area contributed by atoms with Crippen LogP contribution in [0.15, 0.2) is 12.3 Å². The molecule has 0 amide bonds. The predicted octanol–water partition coefficient (Wildman–Crippen LogP) is 2.55. The van der Waals surface area contributed by atoms with E-state index in [4.69, 9.17) is 28.0 Å². The molecule has 0 bridgehead atoms. The molecule has 170 valence electrons. The summed E-state index contributed by atoms with van der Waals surface area (Å²) in [7, 11) is -4.61. The topological polar surface area (TPSA) is 113 Å². The summed E-state index contributed by atoms with van der Waals surface area (Å²) in [6.07, 6.45) is -4.11. The van der Waals surface area contributed by atoms with Crippen LogP contribution in [0.4, 0.5) is 0 Å². The van der Waals surface area contributed by atoms with Gasteiger partial charge in [-0.1, -0.05) is 6.58 Å². The van der Waals surface area contributed by atoms with Crippen molar-refractivity contribution in [1.29, 1.82) is 0 Å². The molecule has 0 aromatic rings. The van der Waals surface area contributed by atoms with Gasteiger partial charge in [-0.05, 0) is 41.5 Å². The van der Waals surface area contributed by atoms with Gasteiger partial charge in [0, 0.05) is 6.42 Å². The Kier molecular flexibility index (Phi) is 8.71. The number of aliphatic hydroxyl groups excluding tert-OH is 1. The van der Waals surface area contributed by atoms with Crippen LogP contribution >= 0.6 is 7.82 Å². The van der Waals surface area contributed by atoms with Gasteiger partial charge >= 0.3 is 7.82 Å². The predicted molar refractivity (Wildman–Crippen MR) is 105 cm³/mol. The van der Waals surface area contributed by atoms with Gasteiger partial charge < -0.3 is 28.6 Å². The van der Waals surface area contributed by atoms with Gasteiger partial charge in [-0.2, -0.15) is 0 Å². The summed E-state index contributed by atoms with van der Waals surface area (Å²) in [6, 6.07) is 0. The van der Waals surface area contributed by atoms with E-state index in [2.05, 4.69) is 6.58 Å². The molecule has 0 radical (unpaired) electrons. The number of phosphoric ester groups is 1. The number of hydrogen-bond acceptors (Lipinski definition) is 8. The van der Waals surface area contributed by atoms with Crippen molar-refractivity contribution in [3.05, 3.63) is 12.3 Å². The summed E-state index contributed by atoms with van der Waals surface area (Å²) in [6.45, 7) is 14.9. The average molecular weight is 438 g/mol. The molecule has 0 spiro atoms. The maximum atomic E-state index is 12.6. The van der Waals surface area contributed by atoms with Crippen molar-refractivity contribution >= 4 is 7.82 Å². The average Bonchev–Trinajstić information content (AvgIpc) is 3.06. The number of phosphoric acid groups is 1. The minimum absolute atomic E-state index is 0.0460. The van der Waals surface area contributed by atoms with E-state index in [9.17, 15) is 14.6 Å². The molecule has 0 saturated carbocycles. The van der Waals surface area contributed by atoms with Crippen molar-refractivity contribution < 1.29 is 42.6 Å². The third-order valence-electron chi connectivity index (χ3n) is 4.70. The molecule has 2 aliphatic rings. The summed E-state index contributed by atoms with van der Waals surface area (Å²) in [4.78, 5) is 10.3. The van der Waals surface area contributed by atoms with E-state index in [-0.39, 0.29) is 36.8 Å². The lowest BCUT2D eigenvalue weighted by molar-refractivity contribution is -0.0587. The van der Waals surface area contributed by atoms with Gasteiger partial charge in [0.25, 0.3) is 0 Å². The van der Waals surface area contributed by atoms with E-state index in [0.717, 1.165) is 0 Å². The van der Waals surface area contributed by atoms with Gasteiger partial charge in [0.05, 0.1) is 37.1 Å². The van der Waals surface area contributed by atoms with Crippen LogP contribution in [-0.4, -0.2) is 71.5 Å². The first kappa shape index (κ1) is 24.8. The summed E-state index contributed by atoms with van der Waals surface area (Å²) in [5.74, 6) is -0.0535. The van der Waals surface area contributed by atoms with Crippen molar-refractivity contribution in [2.24, 2.45) is 0 Å². The van der Waals surface area contributed by atoms with E-state index >= 15 is 0 Å². The highest BCUT2D eigenvalue weighted by Gasteiger charge is 2.48. The molecule has 2 saturated heterocycles. The highest BCUT2D eigenvalue weighted by molar-refractivity contribution is 7.47. The van der Waals surface area contributed by atoms with Crippen LogP contribution in [0.25, 0.3) is 0 Å². The minimum atomic E-state index is -4.61. The number of rotatable bonds is 10. The maximum absolute atomic E-state index is 12.6. The first-order valence-electron chi connectivity index (χ1n) is 10.0. The van der Waals surface area contributed by atoms with Gasteiger partial charge in [-0.25, -0.2) is 4.57 Å². The fraction of sp³-hybridized carbons (Fsp3) is 0.895. The van der Waals surface area contributed by atoms with Crippen LogP contribution < -0.4 is 0 Å². The zero-order valence-electron chi connectivity index (χ0n) is 18.0. The van der Waals surface area contributed by atoms with Gasteiger partial charge in [0.15, 0.2) is 0 Å². The normalized spacial score (nSPS) is 37.2. The molecular formula is C19H35O9P. The Bertz CT molecular complexity index is 596. The molecule has 2 N–H and O–H groups in total. The van der Waals surface area contributed by atoms with Gasteiger partial charge in [0.1, 0.15) is 30.2 Å². The lowest BCUT2D eigenvalue weighted by atomic mass is 10.1. The van der Waals surface area contributed by atoms with Crippen LogP contribution in [0.2, 0.25) is 0 Å². The van der Waals surface area contributed by atoms with E-state index in [1.54, 1.807) is 6.92 Å². The molecule has 2 rings (SSSR count). The zero-order chi connectivity index (χ0) is 21.9. The molecule has 0 aliphatic carbocycles. The van der Waals surface area contributed by atoms with Crippen LogP contribution in [0.5, 0.6) is 0 Å². The van der Waals surface area contributed by atoms with E-state index in [1.165, 1.54) is 0 Å². The van der Waals surface area contributed by atoms with E-state index in [0.29, 0.717) is 6.42 Å². The van der Waals surface area contributed by atoms with E-state index < -0.39 is 38.3 Å². The molecule has 2 aliphatic heterocycles. The Morgan fingerprint density at radius 2 is 1.86 bits per heavy atom. The third-order valence-corrected chi connectivity index (χ3v) is 5.67. The van der Waals surface area contributed by atoms with Crippen molar-refractivity contribution in [2.45, 2.75) is 103 Å². The molecule has 8 atom stereocenters. The number of aliphatic hydroxyl groups is 1. The Labute approximate surface area is 172 Å². The molecule has 29 heavy (non-hydrogen) atoms. The molecule has 2 heterocycles. The van der Waals surface area contributed by atoms with E-state index in [1.807, 2.05) is 34.6 Å². The first-order valence-corrected chi connectivity index (χ1v) is 11.5. The second kappa shape index (κ2) is 10.2. The molecule has 2 unspecified atom stereocenters. The molecule has 9 nitrogen and oxygen atoms in total. The van der Waals surface area contributed by atoms with Crippen molar-refractivity contribution in [2.75, 3.05) is 6.61 Å². The molecule has 0 aromatic carbocycles. The highest BCUT2D eigenvalue weighted by Crippen LogP contribution is 2.50. The molecular weight excluding hydrogens is 403 g/mol. The molecule has 2 fully saturated rings. The van der Waals surface area contributed by atoms with Crippen molar-refractivity contribution in [1.82, 2.24) is 0 Å². The number of ether oxygens (including phenoxy) is 4. The second-order valence-electron chi connectivity index (χ2n) is 8.17. The Balaban J connectivity index is 2.01. The second-order valence-corrected chi connectivity index (χ2v) is 9.51. The number of hydrogen-bond donors (Lipinski definition) is 2. The largest absolute Gasteiger partial charge is 0.527 e. The Hall–Kier alpha value is -0.510. The van der Waals surface area contributed by atoms with Crippen LogP contribution in [0, 0.1) is 0 Å². The molecule has 10 heteroatoms. The van der Waals surface area contributed by atoms with Crippen LogP contribution in [0.3, 0.4) is 0 Å². The quantitative estimate of drug-likeness (QED) is 0.392. The fourth-order valence-corrected chi connectivity index (χ4v) is 4.46. The molecule has 0 aromatic heterocycles. The maximum Gasteiger partial charge on any atom is 0.527 e. The van der Waals surface area contributed by atoms with Crippen molar-refractivity contribution in [3.8, 4) is 0 Å². The Morgan fingerprint density at radius 3 is 2.45 bits per heavy atom. The van der Waals surface area contributed by atoms with Gasteiger partial charge in [0.2, 0.25) is 0 Å². The lowest BCUT2D eigenvalue weighted by Crippen LogP contribution is -2.37. The van der Waals surface area contributed by atoms with Gasteiger partial charge in [-0.15, -0.1) is 0 Å². The van der Waals surface area contributed by atoms with Crippen molar-refractivity contribution in [3.63, 3.8) is 0 Å². The lowest BCUT2D eigenvalue weighted by Gasteiger charge is -2.27.